The number of nitrogens with zero attached hydrogens (tertiary/aromatic N) is 3. The number of hydrogen-bond acceptors (Lipinski definition) is 7. The summed E-state index contributed by atoms with van der Waals surface area (Å²) in [7, 11) is 0. The second kappa shape index (κ2) is 5.27. The molecule has 0 aliphatic rings. The maximum atomic E-state index is 11.1. The van der Waals surface area contributed by atoms with Crippen molar-refractivity contribution in [2.75, 3.05) is 5.73 Å². The molecule has 0 aliphatic heterocycles. The largest absolute Gasteiger partial charge is 0.388 e. The standard InChI is InChI=1S/C9H9N6O2S/c10-8(16)7(6-4-18-9(11)13-6)15-17-3-5-1-2-12-14-5/h1-2,4,10H,3H2,(H2,11,13)(H,12,14)/b15-7-. The van der Waals surface area contributed by atoms with Crippen LogP contribution in [0.4, 0.5) is 5.13 Å². The van der Waals surface area contributed by atoms with E-state index >= 15 is 0 Å². The summed E-state index contributed by atoms with van der Waals surface area (Å²) in [5.41, 5.74) is 13.2. The molecule has 0 unspecified atom stereocenters. The van der Waals surface area contributed by atoms with E-state index in [2.05, 4.69) is 20.3 Å². The SMILES string of the molecule is [NH]C(=O)/C(=N\OCc1cc[nH]n1)c1csc(N)n1. The van der Waals surface area contributed by atoms with Gasteiger partial charge in [0.2, 0.25) is 0 Å². The van der Waals surface area contributed by atoms with Gasteiger partial charge in [-0.25, -0.2) is 4.98 Å². The molecular formula is C9H9N6O2S. The smallest absolute Gasteiger partial charge is 0.294 e. The highest BCUT2D eigenvalue weighted by Gasteiger charge is 2.15. The van der Waals surface area contributed by atoms with Crippen molar-refractivity contribution in [2.24, 2.45) is 5.16 Å². The summed E-state index contributed by atoms with van der Waals surface area (Å²) in [5.74, 6) is -0.984. The van der Waals surface area contributed by atoms with Crippen LogP contribution in [-0.4, -0.2) is 26.8 Å². The second-order valence-corrected chi connectivity index (χ2v) is 4.07. The van der Waals surface area contributed by atoms with Crippen LogP contribution in [0.3, 0.4) is 0 Å². The van der Waals surface area contributed by atoms with Crippen LogP contribution in [0, 0.1) is 0 Å². The molecule has 0 aliphatic carbocycles. The number of aromatic nitrogens is 3. The van der Waals surface area contributed by atoms with Crippen molar-refractivity contribution in [1.29, 1.82) is 0 Å². The van der Waals surface area contributed by atoms with Crippen molar-refractivity contribution in [1.82, 2.24) is 20.9 Å². The van der Waals surface area contributed by atoms with Crippen LogP contribution in [0.25, 0.3) is 0 Å². The minimum Gasteiger partial charge on any atom is -0.388 e. The third-order valence-corrected chi connectivity index (χ3v) is 2.58. The Labute approximate surface area is 106 Å². The Balaban J connectivity index is 2.08. The molecule has 93 valence electrons. The number of aromatic amines is 1. The lowest BCUT2D eigenvalue weighted by Gasteiger charge is -1.98. The number of nitrogens with one attached hydrogen (secondary N) is 2. The molecule has 0 saturated heterocycles. The highest BCUT2D eigenvalue weighted by atomic mass is 32.1. The van der Waals surface area contributed by atoms with E-state index in [-0.39, 0.29) is 18.0 Å². The lowest BCUT2D eigenvalue weighted by molar-refractivity contribution is -0.112. The first kappa shape index (κ1) is 12.0. The van der Waals surface area contributed by atoms with E-state index in [1.807, 2.05) is 0 Å². The summed E-state index contributed by atoms with van der Waals surface area (Å²) in [6, 6.07) is 1.71. The fraction of sp³-hybridized carbons (Fsp3) is 0.111. The van der Waals surface area contributed by atoms with Gasteiger partial charge in [0, 0.05) is 11.6 Å². The average molecular weight is 265 g/mol. The lowest BCUT2D eigenvalue weighted by atomic mass is 10.3. The summed E-state index contributed by atoms with van der Waals surface area (Å²) in [5, 5.41) is 11.9. The number of nitrogens with two attached hydrogens (primary N) is 1. The fourth-order valence-electron chi connectivity index (χ4n) is 1.14. The van der Waals surface area contributed by atoms with Gasteiger partial charge >= 0.3 is 0 Å². The summed E-state index contributed by atoms with van der Waals surface area (Å²) < 4.78 is 0. The molecule has 0 atom stereocenters. The van der Waals surface area contributed by atoms with Crippen LogP contribution < -0.4 is 11.5 Å². The van der Waals surface area contributed by atoms with E-state index in [0.29, 0.717) is 10.8 Å². The van der Waals surface area contributed by atoms with Gasteiger partial charge in [-0.15, -0.1) is 11.3 Å². The van der Waals surface area contributed by atoms with Crippen LogP contribution >= 0.6 is 11.3 Å². The van der Waals surface area contributed by atoms with Gasteiger partial charge in [-0.05, 0) is 6.07 Å². The van der Waals surface area contributed by atoms with Crippen molar-refractivity contribution < 1.29 is 9.63 Å². The third-order valence-electron chi connectivity index (χ3n) is 1.91. The number of thiazole rings is 1. The van der Waals surface area contributed by atoms with Crippen LogP contribution in [0.2, 0.25) is 0 Å². The van der Waals surface area contributed by atoms with Crippen molar-refractivity contribution in [2.45, 2.75) is 6.61 Å². The summed E-state index contributed by atoms with van der Waals surface area (Å²) in [6.07, 6.45) is 1.64. The Hall–Kier alpha value is -2.42. The van der Waals surface area contributed by atoms with Gasteiger partial charge in [-0.2, -0.15) is 5.10 Å². The highest BCUT2D eigenvalue weighted by molar-refractivity contribution is 7.13. The first-order valence-electron chi connectivity index (χ1n) is 4.82. The molecule has 0 aromatic carbocycles. The summed E-state index contributed by atoms with van der Waals surface area (Å²) in [4.78, 5) is 19.9. The number of carbonyl (C=O) groups is 1. The molecule has 2 rings (SSSR count). The van der Waals surface area contributed by atoms with Crippen LogP contribution in [-0.2, 0) is 16.2 Å². The topological polar surface area (TPSA) is 130 Å². The maximum absolute atomic E-state index is 11.1. The van der Waals surface area contributed by atoms with Gasteiger partial charge in [0.25, 0.3) is 5.91 Å². The van der Waals surface area contributed by atoms with E-state index < -0.39 is 5.91 Å². The Kier molecular flexibility index (Phi) is 3.53. The van der Waals surface area contributed by atoms with Crippen LogP contribution in [0.5, 0.6) is 0 Å². The van der Waals surface area contributed by atoms with Crippen molar-refractivity contribution in [3.63, 3.8) is 0 Å². The van der Waals surface area contributed by atoms with E-state index in [0.717, 1.165) is 11.3 Å². The van der Waals surface area contributed by atoms with Crippen molar-refractivity contribution in [3.8, 4) is 0 Å². The van der Waals surface area contributed by atoms with Crippen molar-refractivity contribution in [3.05, 3.63) is 29.0 Å². The molecule has 4 N–H and O–H groups in total. The monoisotopic (exact) mass is 265 g/mol. The fourth-order valence-corrected chi connectivity index (χ4v) is 1.68. The Morgan fingerprint density at radius 2 is 2.50 bits per heavy atom. The van der Waals surface area contributed by atoms with E-state index in [1.165, 1.54) is 0 Å². The Bertz CT molecular complexity index is 561. The number of H-pyrrole nitrogens is 1. The first-order valence-corrected chi connectivity index (χ1v) is 5.70. The molecular weight excluding hydrogens is 256 g/mol. The number of anilines is 1. The van der Waals surface area contributed by atoms with Gasteiger partial charge in [0.1, 0.15) is 11.4 Å². The Morgan fingerprint density at radius 3 is 3.06 bits per heavy atom. The molecule has 2 aromatic rings. The van der Waals surface area contributed by atoms with Crippen molar-refractivity contribution >= 4 is 28.1 Å². The number of amides is 1. The van der Waals surface area contributed by atoms with Gasteiger partial charge in [-0.3, -0.25) is 15.6 Å². The lowest BCUT2D eigenvalue weighted by Crippen LogP contribution is -2.17. The summed E-state index contributed by atoms with van der Waals surface area (Å²) >= 11 is 1.16. The van der Waals surface area contributed by atoms with Crippen LogP contribution in [0.1, 0.15) is 11.4 Å². The number of rotatable bonds is 5. The molecule has 0 bridgehead atoms. The zero-order chi connectivity index (χ0) is 13.0. The Morgan fingerprint density at radius 1 is 1.67 bits per heavy atom. The van der Waals surface area contributed by atoms with Gasteiger partial charge in [0.15, 0.2) is 17.5 Å². The number of carbonyl (C=O) groups excluding carboxylic acids is 1. The van der Waals surface area contributed by atoms with Gasteiger partial charge in [-0.1, -0.05) is 5.16 Å². The molecule has 0 fully saturated rings. The predicted molar refractivity (Wildman–Crippen MR) is 64.5 cm³/mol. The second-order valence-electron chi connectivity index (χ2n) is 3.18. The maximum Gasteiger partial charge on any atom is 0.294 e. The zero-order valence-corrected chi connectivity index (χ0v) is 9.90. The third kappa shape index (κ3) is 2.83. The van der Waals surface area contributed by atoms with Gasteiger partial charge in [0.05, 0.1) is 0 Å². The molecule has 0 saturated carbocycles. The van der Waals surface area contributed by atoms with Gasteiger partial charge < -0.3 is 10.6 Å². The van der Waals surface area contributed by atoms with E-state index in [1.54, 1.807) is 17.6 Å². The van der Waals surface area contributed by atoms with E-state index in [9.17, 15) is 4.79 Å². The summed E-state index contributed by atoms with van der Waals surface area (Å²) in [6.45, 7) is 0.0971. The molecule has 2 aromatic heterocycles. The van der Waals surface area contributed by atoms with Crippen LogP contribution in [0.15, 0.2) is 22.8 Å². The number of hydrogen-bond donors (Lipinski definition) is 2. The number of nitrogen functional groups attached to an aromatic ring is 1. The highest BCUT2D eigenvalue weighted by Crippen LogP contribution is 2.12. The van der Waals surface area contributed by atoms with E-state index in [4.69, 9.17) is 16.3 Å². The molecule has 18 heavy (non-hydrogen) atoms. The number of oxime groups is 1. The normalized spacial score (nSPS) is 11.4. The molecule has 1 amide bonds. The molecule has 2 heterocycles. The molecule has 8 nitrogen and oxygen atoms in total. The average Bonchev–Trinajstić information content (AvgIpc) is 2.95. The zero-order valence-electron chi connectivity index (χ0n) is 9.08. The first-order chi connectivity index (χ1) is 8.66. The molecule has 1 radical (unpaired) electrons. The minimum atomic E-state index is -0.984. The molecule has 0 spiro atoms. The molecule has 9 heteroatoms. The quantitative estimate of drug-likeness (QED) is 0.588. The minimum absolute atomic E-state index is 0.0971. The predicted octanol–water partition coefficient (Wildman–Crippen LogP) is 0.179.